The van der Waals surface area contributed by atoms with E-state index in [1.165, 1.54) is 0 Å². The van der Waals surface area contributed by atoms with Crippen molar-refractivity contribution in [1.82, 2.24) is 15.8 Å². The molecule has 0 fully saturated rings. The van der Waals surface area contributed by atoms with Gasteiger partial charge < -0.3 is 15.6 Å². The van der Waals surface area contributed by atoms with Crippen LogP contribution in [0.1, 0.15) is 6.42 Å². The van der Waals surface area contributed by atoms with E-state index in [1.54, 1.807) is 18.2 Å². The van der Waals surface area contributed by atoms with Gasteiger partial charge in [0.1, 0.15) is 0 Å². The summed E-state index contributed by atoms with van der Waals surface area (Å²) < 4.78 is 0.829. The van der Waals surface area contributed by atoms with Gasteiger partial charge in [0.15, 0.2) is 0 Å². The molecule has 0 aromatic heterocycles. The van der Waals surface area contributed by atoms with Gasteiger partial charge in [0.25, 0.3) is 0 Å². The number of anilines is 1. The van der Waals surface area contributed by atoms with Gasteiger partial charge in [-0.2, -0.15) is 0 Å². The van der Waals surface area contributed by atoms with Crippen molar-refractivity contribution in [3.8, 4) is 0 Å². The number of rotatable bonds is 3. The third-order valence-corrected chi connectivity index (χ3v) is 3.53. The van der Waals surface area contributed by atoms with Gasteiger partial charge in [-0.15, -0.1) is 0 Å². The molecule has 0 saturated carbocycles. The van der Waals surface area contributed by atoms with Gasteiger partial charge in [-0.05, 0) is 31.3 Å². The number of nitrogens with zero attached hydrogens (tertiary/aromatic N) is 1. The van der Waals surface area contributed by atoms with Crippen LogP contribution in [0.5, 0.6) is 0 Å². The zero-order valence-electron chi connectivity index (χ0n) is 11.6. The SMILES string of the molecule is CN1CC=C(NNC(=O)C(=O)Nc2cccc(Br)c2)CC1. The molecule has 1 aliphatic heterocycles. The minimum atomic E-state index is -0.727. The average molecular weight is 353 g/mol. The maximum absolute atomic E-state index is 11.7. The van der Waals surface area contributed by atoms with Crippen LogP contribution >= 0.6 is 15.9 Å². The zero-order valence-corrected chi connectivity index (χ0v) is 13.2. The first-order valence-corrected chi connectivity index (χ1v) is 7.34. The number of likely N-dealkylation sites (N-methyl/N-ethyl adjacent to an activating group) is 1. The van der Waals surface area contributed by atoms with Crippen LogP contribution in [0.2, 0.25) is 0 Å². The molecule has 1 aliphatic rings. The molecule has 0 atom stereocenters. The van der Waals surface area contributed by atoms with E-state index in [0.29, 0.717) is 5.69 Å². The largest absolute Gasteiger partial charge is 0.327 e. The fourth-order valence-corrected chi connectivity index (χ4v) is 2.23. The Hall–Kier alpha value is -1.86. The van der Waals surface area contributed by atoms with Gasteiger partial charge >= 0.3 is 11.8 Å². The Morgan fingerprint density at radius 1 is 1.29 bits per heavy atom. The molecular formula is C14H17BrN4O2. The number of benzene rings is 1. The zero-order chi connectivity index (χ0) is 15.2. The Kier molecular flexibility index (Phi) is 5.35. The van der Waals surface area contributed by atoms with Gasteiger partial charge in [0, 0.05) is 35.4 Å². The van der Waals surface area contributed by atoms with E-state index in [0.717, 1.165) is 29.7 Å². The lowest BCUT2D eigenvalue weighted by Crippen LogP contribution is -2.44. The summed E-state index contributed by atoms with van der Waals surface area (Å²) in [5, 5.41) is 2.53. The second kappa shape index (κ2) is 7.24. The van der Waals surface area contributed by atoms with Gasteiger partial charge in [0.05, 0.1) is 0 Å². The van der Waals surface area contributed by atoms with Crippen molar-refractivity contribution in [2.24, 2.45) is 0 Å². The van der Waals surface area contributed by atoms with Gasteiger partial charge in [-0.3, -0.25) is 15.0 Å². The van der Waals surface area contributed by atoms with E-state index in [9.17, 15) is 9.59 Å². The van der Waals surface area contributed by atoms with Crippen LogP contribution < -0.4 is 16.2 Å². The maximum atomic E-state index is 11.7. The number of hydrazine groups is 1. The van der Waals surface area contributed by atoms with Crippen molar-refractivity contribution in [3.05, 3.63) is 40.5 Å². The molecule has 0 radical (unpaired) electrons. The summed E-state index contributed by atoms with van der Waals surface area (Å²) in [7, 11) is 2.03. The van der Waals surface area contributed by atoms with E-state index in [2.05, 4.69) is 37.0 Å². The predicted octanol–water partition coefficient (Wildman–Crippen LogP) is 1.23. The number of hydrogen-bond acceptors (Lipinski definition) is 4. The second-order valence-corrected chi connectivity index (χ2v) is 5.70. The number of halogens is 1. The molecule has 1 heterocycles. The summed E-state index contributed by atoms with van der Waals surface area (Å²) in [6.07, 6.45) is 2.79. The number of nitrogens with one attached hydrogen (secondary N) is 3. The summed E-state index contributed by atoms with van der Waals surface area (Å²) in [5.74, 6) is -1.44. The van der Waals surface area contributed by atoms with Gasteiger partial charge in [0.2, 0.25) is 0 Å². The molecule has 2 amide bonds. The molecular weight excluding hydrogens is 336 g/mol. The van der Waals surface area contributed by atoms with Crippen molar-refractivity contribution >= 4 is 33.4 Å². The quantitative estimate of drug-likeness (QED) is 0.565. The standard InChI is InChI=1S/C14H17BrN4O2/c1-19-7-5-11(6-8-19)17-18-14(21)13(20)16-12-4-2-3-10(15)9-12/h2-5,9,17H,6-8H2,1H3,(H,16,20)(H,18,21). The fraction of sp³-hybridized carbons (Fsp3) is 0.286. The third kappa shape index (κ3) is 4.87. The van der Waals surface area contributed by atoms with Gasteiger partial charge in [-0.1, -0.05) is 22.0 Å². The highest BCUT2D eigenvalue weighted by molar-refractivity contribution is 9.10. The molecule has 0 aliphatic carbocycles. The molecule has 3 N–H and O–H groups in total. The van der Waals surface area contributed by atoms with Crippen molar-refractivity contribution < 1.29 is 9.59 Å². The molecule has 21 heavy (non-hydrogen) atoms. The van der Waals surface area contributed by atoms with Crippen LogP contribution in [0.25, 0.3) is 0 Å². The van der Waals surface area contributed by atoms with Crippen molar-refractivity contribution in [2.45, 2.75) is 6.42 Å². The molecule has 7 heteroatoms. The minimum Gasteiger partial charge on any atom is -0.318 e. The first kappa shape index (κ1) is 15.5. The van der Waals surface area contributed by atoms with Crippen molar-refractivity contribution in [3.63, 3.8) is 0 Å². The van der Waals surface area contributed by atoms with E-state index >= 15 is 0 Å². The topological polar surface area (TPSA) is 73.5 Å². The van der Waals surface area contributed by atoms with Crippen LogP contribution in [0.15, 0.2) is 40.5 Å². The van der Waals surface area contributed by atoms with E-state index in [-0.39, 0.29) is 0 Å². The Morgan fingerprint density at radius 2 is 2.10 bits per heavy atom. The maximum Gasteiger partial charge on any atom is 0.327 e. The molecule has 6 nitrogen and oxygen atoms in total. The van der Waals surface area contributed by atoms with Crippen LogP contribution in [0.4, 0.5) is 5.69 Å². The lowest BCUT2D eigenvalue weighted by Gasteiger charge is -2.22. The molecule has 1 aromatic carbocycles. The van der Waals surface area contributed by atoms with Crippen molar-refractivity contribution in [2.75, 3.05) is 25.5 Å². The van der Waals surface area contributed by atoms with Crippen LogP contribution in [0, 0.1) is 0 Å². The van der Waals surface area contributed by atoms with Gasteiger partial charge in [-0.25, -0.2) is 0 Å². The number of amides is 2. The van der Waals surface area contributed by atoms with Crippen LogP contribution in [-0.2, 0) is 9.59 Å². The number of carbonyl (C=O) groups excluding carboxylic acids is 2. The first-order valence-electron chi connectivity index (χ1n) is 6.55. The highest BCUT2D eigenvalue weighted by Gasteiger charge is 2.14. The fourth-order valence-electron chi connectivity index (χ4n) is 1.83. The summed E-state index contributed by atoms with van der Waals surface area (Å²) >= 11 is 3.30. The molecule has 0 saturated heterocycles. The van der Waals surface area contributed by atoms with Crippen LogP contribution in [0.3, 0.4) is 0 Å². The van der Waals surface area contributed by atoms with E-state index in [4.69, 9.17) is 0 Å². The smallest absolute Gasteiger partial charge is 0.318 e. The summed E-state index contributed by atoms with van der Waals surface area (Å²) in [5.41, 5.74) is 6.66. The summed E-state index contributed by atoms with van der Waals surface area (Å²) in [4.78, 5) is 25.6. The Morgan fingerprint density at radius 3 is 2.76 bits per heavy atom. The summed E-state index contributed by atoms with van der Waals surface area (Å²) in [6.45, 7) is 1.74. The monoisotopic (exact) mass is 352 g/mol. The molecule has 0 spiro atoms. The predicted molar refractivity (Wildman–Crippen MR) is 84.2 cm³/mol. The molecule has 2 rings (SSSR count). The lowest BCUT2D eigenvalue weighted by molar-refractivity contribution is -0.136. The third-order valence-electron chi connectivity index (χ3n) is 3.04. The average Bonchev–Trinajstić information content (AvgIpc) is 2.46. The minimum absolute atomic E-state index is 0.558. The lowest BCUT2D eigenvalue weighted by atomic mass is 10.2. The molecule has 112 valence electrons. The molecule has 1 aromatic rings. The highest BCUT2D eigenvalue weighted by atomic mass is 79.9. The Bertz CT molecular complexity index is 574. The van der Waals surface area contributed by atoms with E-state index < -0.39 is 11.8 Å². The summed E-state index contributed by atoms with van der Waals surface area (Å²) in [6, 6.07) is 7.05. The second-order valence-electron chi connectivity index (χ2n) is 4.79. The number of carbonyl (C=O) groups is 2. The molecule has 0 unspecified atom stereocenters. The Labute approximate surface area is 131 Å². The highest BCUT2D eigenvalue weighted by Crippen LogP contribution is 2.15. The normalized spacial score (nSPS) is 15.0. The molecule has 0 bridgehead atoms. The van der Waals surface area contributed by atoms with Crippen molar-refractivity contribution in [1.29, 1.82) is 0 Å². The first-order chi connectivity index (χ1) is 10.0. The number of hydrogen-bond donors (Lipinski definition) is 3. The Balaban J connectivity index is 1.81. The van der Waals surface area contributed by atoms with Crippen LogP contribution in [-0.4, -0.2) is 36.9 Å². The van der Waals surface area contributed by atoms with E-state index in [1.807, 2.05) is 19.2 Å².